The van der Waals surface area contributed by atoms with E-state index in [0.717, 1.165) is 6.07 Å². The van der Waals surface area contributed by atoms with Gasteiger partial charge in [0.15, 0.2) is 0 Å². The van der Waals surface area contributed by atoms with Crippen LogP contribution in [-0.2, 0) is 0 Å². The summed E-state index contributed by atoms with van der Waals surface area (Å²) in [5, 5.41) is 12.5. The molecule has 1 heterocycles. The zero-order valence-corrected chi connectivity index (χ0v) is 13.0. The first-order chi connectivity index (χ1) is 11.1. The van der Waals surface area contributed by atoms with Gasteiger partial charge in [-0.25, -0.2) is 13.8 Å². The van der Waals surface area contributed by atoms with Gasteiger partial charge in [0.25, 0.3) is 0 Å². The average molecular weight is 333 g/mol. The van der Waals surface area contributed by atoms with Gasteiger partial charge < -0.3 is 9.84 Å². The molecular formula is C17H13F2NO2S. The van der Waals surface area contributed by atoms with Crippen molar-refractivity contribution in [3.8, 4) is 17.0 Å². The summed E-state index contributed by atoms with van der Waals surface area (Å²) in [4.78, 5) is 4.29. The maximum absolute atomic E-state index is 13.3. The molecule has 1 N–H and O–H groups in total. The average Bonchev–Trinajstić information content (AvgIpc) is 3.03. The van der Waals surface area contributed by atoms with Crippen molar-refractivity contribution in [2.45, 2.75) is 6.10 Å². The Kier molecular flexibility index (Phi) is 4.36. The normalized spacial score (nSPS) is 12.2. The molecule has 3 nitrogen and oxygen atoms in total. The van der Waals surface area contributed by atoms with Crippen LogP contribution < -0.4 is 4.74 Å². The van der Waals surface area contributed by atoms with Crippen LogP contribution in [0.3, 0.4) is 0 Å². The molecule has 1 aromatic heterocycles. The number of hydrogen-bond donors (Lipinski definition) is 1. The fraction of sp³-hybridized carbons (Fsp3) is 0.118. The molecule has 0 aliphatic rings. The first-order valence-electron chi connectivity index (χ1n) is 6.81. The minimum absolute atomic E-state index is 0.340. The predicted molar refractivity (Wildman–Crippen MR) is 84.5 cm³/mol. The number of nitrogens with zero attached hydrogens (tertiary/aromatic N) is 1. The van der Waals surface area contributed by atoms with Crippen molar-refractivity contribution in [3.05, 3.63) is 70.1 Å². The van der Waals surface area contributed by atoms with Gasteiger partial charge in [0.1, 0.15) is 28.5 Å². The van der Waals surface area contributed by atoms with Crippen LogP contribution in [0, 0.1) is 11.6 Å². The van der Waals surface area contributed by atoms with Gasteiger partial charge in [-0.3, -0.25) is 0 Å². The van der Waals surface area contributed by atoms with Crippen LogP contribution in [0.15, 0.2) is 47.8 Å². The lowest BCUT2D eigenvalue weighted by Crippen LogP contribution is -1.99. The van der Waals surface area contributed by atoms with Crippen LogP contribution in [-0.4, -0.2) is 17.2 Å². The van der Waals surface area contributed by atoms with Gasteiger partial charge >= 0.3 is 0 Å². The monoisotopic (exact) mass is 333 g/mol. The number of ether oxygens (including phenoxy) is 1. The summed E-state index contributed by atoms with van der Waals surface area (Å²) in [6, 6.07) is 10.2. The molecule has 0 aliphatic heterocycles. The first-order valence-corrected chi connectivity index (χ1v) is 7.68. The number of methoxy groups -OCH3 is 1. The second-order valence-corrected chi connectivity index (χ2v) is 5.79. The van der Waals surface area contributed by atoms with Crippen molar-refractivity contribution in [2.75, 3.05) is 7.11 Å². The van der Waals surface area contributed by atoms with Crippen LogP contribution in [0.5, 0.6) is 5.75 Å². The molecule has 0 bridgehead atoms. The van der Waals surface area contributed by atoms with E-state index < -0.39 is 17.7 Å². The summed E-state index contributed by atoms with van der Waals surface area (Å²) in [6.07, 6.45) is -0.905. The lowest BCUT2D eigenvalue weighted by molar-refractivity contribution is 0.220. The summed E-state index contributed by atoms with van der Waals surface area (Å²) >= 11 is 1.23. The highest BCUT2D eigenvalue weighted by molar-refractivity contribution is 7.10. The van der Waals surface area contributed by atoms with Crippen LogP contribution in [0.25, 0.3) is 11.3 Å². The van der Waals surface area contributed by atoms with Gasteiger partial charge in [-0.05, 0) is 29.8 Å². The maximum Gasteiger partial charge on any atom is 0.131 e. The summed E-state index contributed by atoms with van der Waals surface area (Å²) in [6.45, 7) is 0. The van der Waals surface area contributed by atoms with Gasteiger partial charge in [0.05, 0.1) is 12.8 Å². The molecule has 0 aliphatic carbocycles. The Morgan fingerprint density at radius 3 is 2.35 bits per heavy atom. The number of rotatable bonds is 4. The fourth-order valence-corrected chi connectivity index (χ4v) is 3.01. The third-order valence-electron chi connectivity index (χ3n) is 3.35. The number of hydrogen-bond acceptors (Lipinski definition) is 4. The van der Waals surface area contributed by atoms with Crippen molar-refractivity contribution in [2.24, 2.45) is 0 Å². The Labute approximate surface area is 135 Å². The van der Waals surface area contributed by atoms with E-state index in [1.165, 1.54) is 23.5 Å². The van der Waals surface area contributed by atoms with E-state index in [9.17, 15) is 13.9 Å². The molecule has 3 rings (SSSR count). The molecule has 6 heteroatoms. The van der Waals surface area contributed by atoms with Crippen molar-refractivity contribution >= 4 is 11.3 Å². The SMILES string of the molecule is COc1ccc(C(O)c2nc(-c3cc(F)cc(F)c3)cs2)cc1. The molecule has 0 saturated heterocycles. The summed E-state index contributed by atoms with van der Waals surface area (Å²) in [5.74, 6) is -0.633. The fourth-order valence-electron chi connectivity index (χ4n) is 2.18. The Hall–Kier alpha value is -2.31. The van der Waals surface area contributed by atoms with Gasteiger partial charge in [-0.2, -0.15) is 0 Å². The van der Waals surface area contributed by atoms with Crippen LogP contribution in [0.1, 0.15) is 16.7 Å². The number of thiazole rings is 1. The highest BCUT2D eigenvalue weighted by atomic mass is 32.1. The third-order valence-corrected chi connectivity index (χ3v) is 4.24. The molecule has 118 valence electrons. The molecule has 3 aromatic rings. The Balaban J connectivity index is 1.88. The lowest BCUT2D eigenvalue weighted by Gasteiger charge is -2.08. The van der Waals surface area contributed by atoms with Crippen LogP contribution in [0.4, 0.5) is 8.78 Å². The zero-order chi connectivity index (χ0) is 16.4. The van der Waals surface area contributed by atoms with E-state index in [4.69, 9.17) is 4.74 Å². The highest BCUT2D eigenvalue weighted by Crippen LogP contribution is 2.30. The summed E-state index contributed by atoms with van der Waals surface area (Å²) in [5.41, 5.74) is 1.43. The third kappa shape index (κ3) is 3.38. The molecule has 0 spiro atoms. The minimum Gasteiger partial charge on any atom is -0.497 e. The van der Waals surface area contributed by atoms with Crippen molar-refractivity contribution < 1.29 is 18.6 Å². The lowest BCUT2D eigenvalue weighted by atomic mass is 10.1. The summed E-state index contributed by atoms with van der Waals surface area (Å²) in [7, 11) is 1.57. The van der Waals surface area contributed by atoms with Crippen LogP contribution >= 0.6 is 11.3 Å². The first kappa shape index (κ1) is 15.6. The Bertz CT molecular complexity index is 797. The standard InChI is InChI=1S/C17H13F2NO2S/c1-22-14-4-2-10(3-5-14)16(21)17-20-15(9-23-17)11-6-12(18)8-13(19)7-11/h2-9,16,21H,1H3. The van der Waals surface area contributed by atoms with Gasteiger partial charge in [0, 0.05) is 17.0 Å². The molecule has 0 radical (unpaired) electrons. The number of aliphatic hydroxyl groups excluding tert-OH is 1. The van der Waals surface area contributed by atoms with E-state index in [2.05, 4.69) is 4.98 Å². The largest absolute Gasteiger partial charge is 0.497 e. The number of benzene rings is 2. The quantitative estimate of drug-likeness (QED) is 0.779. The molecular weight excluding hydrogens is 320 g/mol. The smallest absolute Gasteiger partial charge is 0.131 e. The van der Waals surface area contributed by atoms with E-state index in [1.807, 2.05) is 0 Å². The molecule has 1 unspecified atom stereocenters. The highest BCUT2D eigenvalue weighted by Gasteiger charge is 2.16. The van der Waals surface area contributed by atoms with Crippen molar-refractivity contribution in [1.82, 2.24) is 4.98 Å². The topological polar surface area (TPSA) is 42.4 Å². The van der Waals surface area contributed by atoms with Crippen molar-refractivity contribution in [3.63, 3.8) is 0 Å². The summed E-state index contributed by atoms with van der Waals surface area (Å²) < 4.78 is 31.7. The van der Waals surface area contributed by atoms with E-state index in [-0.39, 0.29) is 0 Å². The Morgan fingerprint density at radius 2 is 1.74 bits per heavy atom. The van der Waals surface area contributed by atoms with Gasteiger partial charge in [0.2, 0.25) is 0 Å². The number of halogens is 2. The van der Waals surface area contributed by atoms with Crippen LogP contribution in [0.2, 0.25) is 0 Å². The molecule has 23 heavy (non-hydrogen) atoms. The molecule has 2 aromatic carbocycles. The second kappa shape index (κ2) is 6.44. The zero-order valence-electron chi connectivity index (χ0n) is 12.2. The predicted octanol–water partition coefficient (Wildman–Crippen LogP) is 4.18. The Morgan fingerprint density at radius 1 is 1.09 bits per heavy atom. The van der Waals surface area contributed by atoms with E-state index >= 15 is 0 Å². The molecule has 0 amide bonds. The number of aliphatic hydroxyl groups is 1. The maximum atomic E-state index is 13.3. The van der Waals surface area contributed by atoms with E-state index in [0.29, 0.717) is 27.6 Å². The molecule has 1 atom stereocenters. The van der Waals surface area contributed by atoms with Gasteiger partial charge in [-0.1, -0.05) is 12.1 Å². The second-order valence-electron chi connectivity index (χ2n) is 4.90. The van der Waals surface area contributed by atoms with Crippen molar-refractivity contribution in [1.29, 1.82) is 0 Å². The van der Waals surface area contributed by atoms with E-state index in [1.54, 1.807) is 36.8 Å². The number of aromatic nitrogens is 1. The minimum atomic E-state index is -0.905. The van der Waals surface area contributed by atoms with Gasteiger partial charge in [-0.15, -0.1) is 11.3 Å². The molecule has 0 saturated carbocycles. The molecule has 0 fully saturated rings.